The lowest BCUT2D eigenvalue weighted by Gasteiger charge is -2.10. The molecular weight excluding hydrogens is 198 g/mol. The summed E-state index contributed by atoms with van der Waals surface area (Å²) in [6.45, 7) is 0. The van der Waals surface area contributed by atoms with Gasteiger partial charge in [0.25, 0.3) is 0 Å². The van der Waals surface area contributed by atoms with Crippen molar-refractivity contribution in [3.8, 4) is 6.07 Å². The first-order valence-corrected chi connectivity index (χ1v) is 5.24. The first-order valence-electron chi connectivity index (χ1n) is 5.24. The minimum atomic E-state index is 0.648. The standard InChI is InChI=1S/C13H9N3/c14-8-10-5-6-15-13-11(10)7-9-3-1-2-4-12(9)16-13/h2,4-7H,1,3H2. The molecule has 0 bridgehead atoms. The minimum absolute atomic E-state index is 0.648. The summed E-state index contributed by atoms with van der Waals surface area (Å²) in [6.07, 6.45) is 7.82. The van der Waals surface area contributed by atoms with Gasteiger partial charge in [-0.2, -0.15) is 5.26 Å². The number of nitrogens with zero attached hydrogens (tertiary/aromatic N) is 3. The van der Waals surface area contributed by atoms with Crippen molar-refractivity contribution < 1.29 is 0 Å². The molecule has 0 aliphatic heterocycles. The van der Waals surface area contributed by atoms with Crippen molar-refractivity contribution >= 4 is 17.1 Å². The fraction of sp³-hybridized carbons (Fsp3) is 0.154. The van der Waals surface area contributed by atoms with Crippen LogP contribution < -0.4 is 0 Å². The first kappa shape index (κ1) is 9.05. The largest absolute Gasteiger partial charge is 0.237 e. The van der Waals surface area contributed by atoms with E-state index in [1.165, 1.54) is 5.56 Å². The van der Waals surface area contributed by atoms with Crippen molar-refractivity contribution in [2.75, 3.05) is 0 Å². The molecule has 0 radical (unpaired) electrons. The van der Waals surface area contributed by atoms with Crippen LogP contribution in [0.25, 0.3) is 17.1 Å². The highest BCUT2D eigenvalue weighted by molar-refractivity contribution is 5.83. The highest BCUT2D eigenvalue weighted by Crippen LogP contribution is 2.23. The SMILES string of the molecule is N#Cc1ccnc2nc3c(cc12)CCC=C3. The molecule has 0 aromatic carbocycles. The second-order valence-corrected chi connectivity index (χ2v) is 3.82. The molecule has 0 atom stereocenters. The number of allylic oxidation sites excluding steroid dienone is 1. The highest BCUT2D eigenvalue weighted by Gasteiger charge is 2.10. The summed E-state index contributed by atoms with van der Waals surface area (Å²) in [5, 5.41) is 9.88. The Morgan fingerprint density at radius 2 is 2.31 bits per heavy atom. The monoisotopic (exact) mass is 207 g/mol. The second kappa shape index (κ2) is 3.42. The van der Waals surface area contributed by atoms with Gasteiger partial charge in [0, 0.05) is 11.6 Å². The summed E-state index contributed by atoms with van der Waals surface area (Å²) in [4.78, 5) is 8.68. The number of pyridine rings is 2. The zero-order valence-electron chi connectivity index (χ0n) is 8.64. The molecule has 2 aromatic rings. The van der Waals surface area contributed by atoms with E-state index in [1.54, 1.807) is 12.3 Å². The van der Waals surface area contributed by atoms with E-state index in [4.69, 9.17) is 5.26 Å². The van der Waals surface area contributed by atoms with E-state index in [1.807, 2.05) is 12.1 Å². The average molecular weight is 207 g/mol. The molecule has 0 saturated carbocycles. The number of fused-ring (bicyclic) bond motifs is 2. The fourth-order valence-electron chi connectivity index (χ4n) is 2.00. The molecule has 1 aliphatic carbocycles. The van der Waals surface area contributed by atoms with Gasteiger partial charge in [-0.05, 0) is 36.6 Å². The van der Waals surface area contributed by atoms with Crippen LogP contribution in [0.15, 0.2) is 24.4 Å². The fourth-order valence-corrected chi connectivity index (χ4v) is 2.00. The van der Waals surface area contributed by atoms with Crippen LogP contribution in [0, 0.1) is 11.3 Å². The van der Waals surface area contributed by atoms with Crippen LogP contribution in [0.5, 0.6) is 0 Å². The third-order valence-electron chi connectivity index (χ3n) is 2.82. The summed E-state index contributed by atoms with van der Waals surface area (Å²) in [5.74, 6) is 0. The summed E-state index contributed by atoms with van der Waals surface area (Å²) in [5.41, 5.74) is 3.50. The lowest BCUT2D eigenvalue weighted by Crippen LogP contribution is -1.99. The van der Waals surface area contributed by atoms with Crippen LogP contribution >= 0.6 is 0 Å². The van der Waals surface area contributed by atoms with E-state index in [2.05, 4.69) is 22.1 Å². The molecule has 0 N–H and O–H groups in total. The maximum absolute atomic E-state index is 9.02. The Bertz CT molecular complexity index is 635. The molecule has 0 saturated heterocycles. The van der Waals surface area contributed by atoms with Gasteiger partial charge in [0.15, 0.2) is 5.65 Å². The van der Waals surface area contributed by atoms with Crippen molar-refractivity contribution in [2.24, 2.45) is 0 Å². The highest BCUT2D eigenvalue weighted by atomic mass is 14.8. The van der Waals surface area contributed by atoms with Gasteiger partial charge in [-0.25, -0.2) is 9.97 Å². The number of nitriles is 1. The van der Waals surface area contributed by atoms with Gasteiger partial charge in [-0.3, -0.25) is 0 Å². The molecule has 0 spiro atoms. The van der Waals surface area contributed by atoms with Crippen LogP contribution in [-0.2, 0) is 6.42 Å². The average Bonchev–Trinajstić information content (AvgIpc) is 2.35. The second-order valence-electron chi connectivity index (χ2n) is 3.82. The van der Waals surface area contributed by atoms with Gasteiger partial charge >= 0.3 is 0 Å². The van der Waals surface area contributed by atoms with Crippen LogP contribution in [-0.4, -0.2) is 9.97 Å². The van der Waals surface area contributed by atoms with Crippen LogP contribution in [0.3, 0.4) is 0 Å². The van der Waals surface area contributed by atoms with Gasteiger partial charge < -0.3 is 0 Å². The number of rotatable bonds is 0. The van der Waals surface area contributed by atoms with Gasteiger partial charge in [0.1, 0.15) is 0 Å². The van der Waals surface area contributed by atoms with E-state index >= 15 is 0 Å². The first-order chi connectivity index (χ1) is 7.88. The molecule has 16 heavy (non-hydrogen) atoms. The van der Waals surface area contributed by atoms with E-state index in [-0.39, 0.29) is 0 Å². The summed E-state index contributed by atoms with van der Waals surface area (Å²) >= 11 is 0. The van der Waals surface area contributed by atoms with Crippen molar-refractivity contribution in [3.05, 3.63) is 41.2 Å². The van der Waals surface area contributed by atoms with E-state index in [0.29, 0.717) is 11.2 Å². The van der Waals surface area contributed by atoms with Crippen LogP contribution in [0.1, 0.15) is 23.2 Å². The van der Waals surface area contributed by atoms with E-state index in [9.17, 15) is 0 Å². The molecular formula is C13H9N3. The van der Waals surface area contributed by atoms with Crippen LogP contribution in [0.4, 0.5) is 0 Å². The topological polar surface area (TPSA) is 49.6 Å². The maximum atomic E-state index is 9.02. The molecule has 2 aromatic heterocycles. The Morgan fingerprint density at radius 3 is 3.19 bits per heavy atom. The smallest absolute Gasteiger partial charge is 0.161 e. The Kier molecular flexibility index (Phi) is 1.94. The van der Waals surface area contributed by atoms with Gasteiger partial charge in [-0.1, -0.05) is 6.08 Å². The summed E-state index contributed by atoms with van der Waals surface area (Å²) in [6, 6.07) is 5.96. The number of aromatic nitrogens is 2. The molecule has 2 heterocycles. The van der Waals surface area contributed by atoms with E-state index < -0.39 is 0 Å². The Hall–Kier alpha value is -2.21. The molecule has 3 heteroatoms. The molecule has 3 rings (SSSR count). The van der Waals surface area contributed by atoms with Crippen molar-refractivity contribution in [1.29, 1.82) is 5.26 Å². The number of hydrogen-bond donors (Lipinski definition) is 0. The number of aryl methyl sites for hydroxylation is 1. The zero-order valence-corrected chi connectivity index (χ0v) is 8.64. The Morgan fingerprint density at radius 1 is 1.38 bits per heavy atom. The normalized spacial score (nSPS) is 13.4. The minimum Gasteiger partial charge on any atom is -0.237 e. The Labute approximate surface area is 93.1 Å². The number of hydrogen-bond acceptors (Lipinski definition) is 3. The summed E-state index contributed by atoms with van der Waals surface area (Å²) < 4.78 is 0. The van der Waals surface area contributed by atoms with Crippen molar-refractivity contribution in [2.45, 2.75) is 12.8 Å². The van der Waals surface area contributed by atoms with E-state index in [0.717, 1.165) is 23.9 Å². The van der Waals surface area contributed by atoms with Gasteiger partial charge in [0.05, 0.1) is 17.3 Å². The maximum Gasteiger partial charge on any atom is 0.161 e. The molecule has 3 nitrogen and oxygen atoms in total. The van der Waals surface area contributed by atoms with Gasteiger partial charge in [-0.15, -0.1) is 0 Å². The zero-order chi connectivity index (χ0) is 11.0. The molecule has 0 unspecified atom stereocenters. The van der Waals surface area contributed by atoms with Crippen LogP contribution in [0.2, 0.25) is 0 Å². The summed E-state index contributed by atoms with van der Waals surface area (Å²) in [7, 11) is 0. The predicted octanol–water partition coefficient (Wildman–Crippen LogP) is 2.46. The van der Waals surface area contributed by atoms with Gasteiger partial charge in [0.2, 0.25) is 0 Å². The molecule has 1 aliphatic rings. The lowest BCUT2D eigenvalue weighted by atomic mass is 10.00. The predicted molar refractivity (Wildman–Crippen MR) is 61.6 cm³/mol. The lowest BCUT2D eigenvalue weighted by molar-refractivity contribution is 0.970. The quantitative estimate of drug-likeness (QED) is 0.666. The third-order valence-corrected chi connectivity index (χ3v) is 2.82. The van der Waals surface area contributed by atoms with Crippen molar-refractivity contribution in [1.82, 2.24) is 9.97 Å². The molecule has 0 amide bonds. The van der Waals surface area contributed by atoms with Crippen molar-refractivity contribution in [3.63, 3.8) is 0 Å². The third kappa shape index (κ3) is 1.28. The molecule has 0 fully saturated rings. The molecule has 76 valence electrons. The Balaban J connectivity index is 2.37.